The van der Waals surface area contributed by atoms with Crippen molar-refractivity contribution in [2.24, 2.45) is 0 Å². The summed E-state index contributed by atoms with van der Waals surface area (Å²) in [6.45, 7) is 3.97. The summed E-state index contributed by atoms with van der Waals surface area (Å²) in [4.78, 5) is 8.92. The topological polar surface area (TPSA) is 62.5 Å². The maximum absolute atomic E-state index is 4.79. The van der Waals surface area contributed by atoms with Crippen LogP contribution < -0.4 is 9.80 Å². The molecule has 7 nitrogen and oxygen atoms in total. The van der Waals surface area contributed by atoms with Crippen LogP contribution >= 0.6 is 0 Å². The van der Waals surface area contributed by atoms with Gasteiger partial charge in [0.25, 0.3) is 0 Å². The molecule has 0 spiro atoms. The number of hydrogen-bond donors (Lipinski definition) is 0. The standard InChI is InChI=1S/C18H21N7/c1-12-9-14(7-8-19-12)23(2)15-10-24(11-15)17-6-5-16-20-21-18(13-3-4-13)25(16)22-17/h5-9,13,15H,3-4,10-11H2,1-2H3. The Balaban J connectivity index is 1.33. The van der Waals surface area contributed by atoms with Gasteiger partial charge in [-0.25, -0.2) is 0 Å². The zero-order chi connectivity index (χ0) is 17.0. The van der Waals surface area contributed by atoms with Crippen molar-refractivity contribution in [3.8, 4) is 0 Å². The van der Waals surface area contributed by atoms with Gasteiger partial charge in [0.2, 0.25) is 0 Å². The van der Waals surface area contributed by atoms with Crippen molar-refractivity contribution >= 4 is 17.2 Å². The third kappa shape index (κ3) is 2.50. The number of hydrogen-bond acceptors (Lipinski definition) is 6. The van der Waals surface area contributed by atoms with Gasteiger partial charge in [-0.3, -0.25) is 4.98 Å². The smallest absolute Gasteiger partial charge is 0.178 e. The highest BCUT2D eigenvalue weighted by Crippen LogP contribution is 2.39. The monoisotopic (exact) mass is 335 g/mol. The minimum absolute atomic E-state index is 0.489. The van der Waals surface area contributed by atoms with E-state index in [2.05, 4.69) is 44.2 Å². The van der Waals surface area contributed by atoms with Crippen LogP contribution in [0.4, 0.5) is 11.5 Å². The van der Waals surface area contributed by atoms with Crippen molar-refractivity contribution < 1.29 is 0 Å². The number of anilines is 2. The average molecular weight is 335 g/mol. The van der Waals surface area contributed by atoms with Crippen LogP contribution in [0.2, 0.25) is 0 Å². The minimum atomic E-state index is 0.489. The van der Waals surface area contributed by atoms with Gasteiger partial charge in [0, 0.05) is 43.6 Å². The van der Waals surface area contributed by atoms with Crippen LogP contribution in [-0.4, -0.2) is 51.0 Å². The Kier molecular flexibility index (Phi) is 3.16. The van der Waals surface area contributed by atoms with Gasteiger partial charge >= 0.3 is 0 Å². The number of aromatic nitrogens is 5. The lowest BCUT2D eigenvalue weighted by molar-refractivity contribution is 0.489. The van der Waals surface area contributed by atoms with Crippen LogP contribution in [0.15, 0.2) is 30.5 Å². The predicted molar refractivity (Wildman–Crippen MR) is 96.1 cm³/mol. The Labute approximate surface area is 146 Å². The minimum Gasteiger partial charge on any atom is -0.368 e. The van der Waals surface area contributed by atoms with Crippen molar-refractivity contribution in [3.63, 3.8) is 0 Å². The molecule has 1 aliphatic heterocycles. The largest absolute Gasteiger partial charge is 0.368 e. The fourth-order valence-electron chi connectivity index (χ4n) is 3.41. The van der Waals surface area contributed by atoms with E-state index in [1.807, 2.05) is 29.8 Å². The molecule has 3 aromatic rings. The van der Waals surface area contributed by atoms with Crippen molar-refractivity contribution in [2.75, 3.05) is 29.9 Å². The molecular formula is C18H21N7. The van der Waals surface area contributed by atoms with Crippen molar-refractivity contribution in [2.45, 2.75) is 31.7 Å². The first-order valence-corrected chi connectivity index (χ1v) is 8.82. The molecule has 3 aromatic heterocycles. The zero-order valence-corrected chi connectivity index (χ0v) is 14.5. The van der Waals surface area contributed by atoms with E-state index in [1.165, 1.54) is 18.5 Å². The van der Waals surface area contributed by atoms with E-state index in [0.717, 1.165) is 36.1 Å². The molecule has 0 unspecified atom stereocenters. The quantitative estimate of drug-likeness (QED) is 0.727. The summed E-state index contributed by atoms with van der Waals surface area (Å²) in [6.07, 6.45) is 4.28. The number of fused-ring (bicyclic) bond motifs is 1. The van der Waals surface area contributed by atoms with E-state index >= 15 is 0 Å². The molecular weight excluding hydrogens is 314 g/mol. The number of aryl methyl sites for hydroxylation is 1. The molecule has 1 saturated carbocycles. The van der Waals surface area contributed by atoms with Crippen LogP contribution in [0.25, 0.3) is 5.65 Å². The predicted octanol–water partition coefficient (Wildman–Crippen LogP) is 2.03. The summed E-state index contributed by atoms with van der Waals surface area (Å²) in [6, 6.07) is 8.76. The van der Waals surface area contributed by atoms with Crippen molar-refractivity contribution in [1.29, 1.82) is 0 Å². The van der Waals surface area contributed by atoms with Gasteiger partial charge in [0.1, 0.15) is 5.82 Å². The summed E-state index contributed by atoms with van der Waals surface area (Å²) in [7, 11) is 2.15. The lowest BCUT2D eigenvalue weighted by Gasteiger charge is -2.45. The molecule has 4 heterocycles. The van der Waals surface area contributed by atoms with Crippen LogP contribution in [0.1, 0.15) is 30.3 Å². The average Bonchev–Trinajstić information content (AvgIpc) is 3.33. The number of rotatable bonds is 4. The van der Waals surface area contributed by atoms with Gasteiger partial charge in [-0.15, -0.1) is 15.3 Å². The van der Waals surface area contributed by atoms with Crippen molar-refractivity contribution in [3.05, 3.63) is 42.0 Å². The molecule has 0 aromatic carbocycles. The Bertz CT molecular complexity index is 924. The molecule has 0 bridgehead atoms. The van der Waals surface area contributed by atoms with Crippen LogP contribution in [-0.2, 0) is 0 Å². The molecule has 5 rings (SSSR count). The molecule has 2 fully saturated rings. The highest BCUT2D eigenvalue weighted by molar-refractivity contribution is 5.53. The maximum atomic E-state index is 4.79. The number of likely N-dealkylation sites (N-methyl/N-ethyl adjacent to an activating group) is 1. The highest BCUT2D eigenvalue weighted by Gasteiger charge is 2.33. The first kappa shape index (κ1) is 14.6. The Morgan fingerprint density at radius 3 is 2.72 bits per heavy atom. The molecule has 1 saturated heterocycles. The van der Waals surface area contributed by atoms with E-state index in [1.54, 1.807) is 0 Å². The van der Waals surface area contributed by atoms with Crippen LogP contribution in [0.3, 0.4) is 0 Å². The van der Waals surface area contributed by atoms with E-state index in [-0.39, 0.29) is 0 Å². The maximum Gasteiger partial charge on any atom is 0.178 e. The molecule has 1 aliphatic carbocycles. The van der Waals surface area contributed by atoms with Gasteiger partial charge in [0.05, 0.1) is 6.04 Å². The third-order valence-electron chi connectivity index (χ3n) is 5.24. The van der Waals surface area contributed by atoms with E-state index in [4.69, 9.17) is 5.10 Å². The van der Waals surface area contributed by atoms with E-state index in [9.17, 15) is 0 Å². The fourth-order valence-corrected chi connectivity index (χ4v) is 3.41. The zero-order valence-electron chi connectivity index (χ0n) is 14.5. The highest BCUT2D eigenvalue weighted by atomic mass is 15.4. The molecule has 2 aliphatic rings. The summed E-state index contributed by atoms with van der Waals surface area (Å²) in [5.74, 6) is 2.56. The normalized spacial score (nSPS) is 17.8. The van der Waals surface area contributed by atoms with Crippen LogP contribution in [0, 0.1) is 6.92 Å². The van der Waals surface area contributed by atoms with Crippen molar-refractivity contribution in [1.82, 2.24) is 24.8 Å². The Morgan fingerprint density at radius 1 is 1.12 bits per heavy atom. The van der Waals surface area contributed by atoms with Gasteiger partial charge in [-0.2, -0.15) is 4.52 Å². The van der Waals surface area contributed by atoms with Gasteiger partial charge in [0.15, 0.2) is 11.5 Å². The molecule has 0 radical (unpaired) electrons. The molecule has 25 heavy (non-hydrogen) atoms. The molecule has 0 atom stereocenters. The van der Waals surface area contributed by atoms with Gasteiger partial charge in [-0.1, -0.05) is 0 Å². The van der Waals surface area contributed by atoms with Gasteiger partial charge in [-0.05, 0) is 44.0 Å². The van der Waals surface area contributed by atoms with E-state index < -0.39 is 0 Å². The first-order valence-electron chi connectivity index (χ1n) is 8.82. The van der Waals surface area contributed by atoms with E-state index in [0.29, 0.717) is 12.0 Å². The molecule has 0 amide bonds. The lowest BCUT2D eigenvalue weighted by Crippen LogP contribution is -2.59. The van der Waals surface area contributed by atoms with Crippen LogP contribution in [0.5, 0.6) is 0 Å². The lowest BCUT2D eigenvalue weighted by atomic mass is 10.1. The molecule has 7 heteroatoms. The summed E-state index contributed by atoms with van der Waals surface area (Å²) >= 11 is 0. The fraction of sp³-hybridized carbons (Fsp3) is 0.444. The molecule has 128 valence electrons. The second-order valence-corrected chi connectivity index (χ2v) is 7.12. The number of nitrogens with zero attached hydrogens (tertiary/aromatic N) is 7. The second-order valence-electron chi connectivity index (χ2n) is 7.12. The Morgan fingerprint density at radius 2 is 1.96 bits per heavy atom. The summed E-state index contributed by atoms with van der Waals surface area (Å²) < 4.78 is 1.93. The third-order valence-corrected chi connectivity index (χ3v) is 5.24. The summed E-state index contributed by atoms with van der Waals surface area (Å²) in [5, 5.41) is 13.3. The SMILES string of the molecule is Cc1cc(N(C)C2CN(c3ccc4nnc(C5CC5)n4n3)C2)ccn1. The number of pyridine rings is 1. The second kappa shape index (κ2) is 5.40. The Hall–Kier alpha value is -2.70. The van der Waals surface area contributed by atoms with Gasteiger partial charge < -0.3 is 9.80 Å². The summed E-state index contributed by atoms with van der Waals surface area (Å²) in [5.41, 5.74) is 3.11. The first-order chi connectivity index (χ1) is 12.2. The molecule has 0 N–H and O–H groups in total.